The van der Waals surface area contributed by atoms with Gasteiger partial charge in [0.05, 0.1) is 0 Å². The van der Waals surface area contributed by atoms with Crippen LogP contribution >= 0.6 is 0 Å². The molecule has 110 valence electrons. The van der Waals surface area contributed by atoms with Crippen molar-refractivity contribution >= 4 is 5.91 Å². The summed E-state index contributed by atoms with van der Waals surface area (Å²) in [5.41, 5.74) is 8.06. The molecule has 0 radical (unpaired) electrons. The summed E-state index contributed by atoms with van der Waals surface area (Å²) >= 11 is 0. The Hall–Kier alpha value is -1.35. The van der Waals surface area contributed by atoms with Gasteiger partial charge in [0.25, 0.3) is 0 Å². The Balaban J connectivity index is 1.99. The van der Waals surface area contributed by atoms with E-state index >= 15 is 0 Å². The largest absolute Gasteiger partial charge is 0.369 e. The van der Waals surface area contributed by atoms with Crippen LogP contribution in [0.4, 0.5) is 0 Å². The third-order valence-corrected chi connectivity index (χ3v) is 4.37. The molecule has 1 fully saturated rings. The van der Waals surface area contributed by atoms with Gasteiger partial charge in [-0.1, -0.05) is 43.2 Å². The highest BCUT2D eigenvalue weighted by molar-refractivity contribution is 5.76. The molecule has 3 heteroatoms. The number of primary amides is 1. The van der Waals surface area contributed by atoms with Gasteiger partial charge >= 0.3 is 0 Å². The van der Waals surface area contributed by atoms with E-state index < -0.39 is 0 Å². The zero-order valence-electron chi connectivity index (χ0n) is 12.6. The van der Waals surface area contributed by atoms with Crippen molar-refractivity contribution in [3.05, 3.63) is 35.4 Å². The zero-order chi connectivity index (χ0) is 14.5. The van der Waals surface area contributed by atoms with E-state index in [0.717, 1.165) is 19.5 Å². The highest BCUT2D eigenvalue weighted by atomic mass is 16.1. The number of hydrogen-bond acceptors (Lipinski definition) is 2. The van der Waals surface area contributed by atoms with Gasteiger partial charge in [-0.05, 0) is 38.3 Å². The number of hydrogen-bond donors (Lipinski definition) is 1. The number of likely N-dealkylation sites (tertiary alicyclic amines) is 1. The molecule has 2 unspecified atom stereocenters. The third kappa shape index (κ3) is 4.07. The summed E-state index contributed by atoms with van der Waals surface area (Å²) in [6.45, 7) is 6.17. The Morgan fingerprint density at radius 3 is 2.70 bits per heavy atom. The summed E-state index contributed by atoms with van der Waals surface area (Å²) in [5.74, 6) is -0.204. The molecular weight excluding hydrogens is 248 g/mol. The van der Waals surface area contributed by atoms with E-state index in [4.69, 9.17) is 5.73 Å². The van der Waals surface area contributed by atoms with E-state index in [1.807, 2.05) is 6.92 Å². The maximum absolute atomic E-state index is 11.3. The average molecular weight is 274 g/mol. The maximum atomic E-state index is 11.3. The predicted molar refractivity (Wildman–Crippen MR) is 82.2 cm³/mol. The minimum absolute atomic E-state index is 0.0291. The number of piperidine rings is 1. The fourth-order valence-corrected chi connectivity index (χ4v) is 2.99. The molecule has 2 atom stereocenters. The van der Waals surface area contributed by atoms with Crippen LogP contribution in [0.5, 0.6) is 0 Å². The highest BCUT2D eigenvalue weighted by Gasteiger charge is 2.25. The summed E-state index contributed by atoms with van der Waals surface area (Å²) in [6, 6.07) is 9.24. The van der Waals surface area contributed by atoms with E-state index in [-0.39, 0.29) is 11.8 Å². The first kappa shape index (κ1) is 15.0. The fourth-order valence-electron chi connectivity index (χ4n) is 2.99. The van der Waals surface area contributed by atoms with Crippen molar-refractivity contribution < 1.29 is 4.79 Å². The number of carbonyl (C=O) groups is 1. The van der Waals surface area contributed by atoms with Gasteiger partial charge in [0.2, 0.25) is 5.91 Å². The minimum atomic E-state index is -0.175. The second-order valence-corrected chi connectivity index (χ2v) is 6.14. The van der Waals surface area contributed by atoms with Gasteiger partial charge in [0.1, 0.15) is 0 Å². The quantitative estimate of drug-likeness (QED) is 0.897. The molecule has 2 N–H and O–H groups in total. The molecule has 3 nitrogen and oxygen atoms in total. The second kappa shape index (κ2) is 6.89. The van der Waals surface area contributed by atoms with Crippen molar-refractivity contribution in [3.63, 3.8) is 0 Å². The van der Waals surface area contributed by atoms with Crippen molar-refractivity contribution in [2.24, 2.45) is 11.7 Å². The van der Waals surface area contributed by atoms with Crippen LogP contribution in [0.15, 0.2) is 24.3 Å². The molecule has 1 aromatic carbocycles. The molecule has 20 heavy (non-hydrogen) atoms. The van der Waals surface area contributed by atoms with Gasteiger partial charge in [-0.3, -0.25) is 9.69 Å². The molecule has 1 heterocycles. The maximum Gasteiger partial charge on any atom is 0.220 e. The van der Waals surface area contributed by atoms with Crippen LogP contribution in [0.1, 0.15) is 43.7 Å². The predicted octanol–water partition coefficient (Wildman–Crippen LogP) is 2.86. The molecule has 0 spiro atoms. The number of amides is 1. The smallest absolute Gasteiger partial charge is 0.220 e. The van der Waals surface area contributed by atoms with Gasteiger partial charge in [0, 0.05) is 18.5 Å². The van der Waals surface area contributed by atoms with Crippen LogP contribution in [0.2, 0.25) is 0 Å². The standard InChI is InChI=1S/C17H26N2O/c1-13-6-8-15(9-7-13)12-19-10-4-3-5-16(19)11-14(2)17(18)20/h6-9,14,16H,3-5,10-12H2,1-2H3,(H2,18,20). The van der Waals surface area contributed by atoms with E-state index in [1.54, 1.807) is 0 Å². The van der Waals surface area contributed by atoms with Gasteiger partial charge in [-0.25, -0.2) is 0 Å². The molecule has 0 aliphatic carbocycles. The molecule has 1 saturated heterocycles. The normalized spacial score (nSPS) is 21.6. The number of nitrogens with two attached hydrogens (primary N) is 1. The van der Waals surface area contributed by atoms with E-state index in [2.05, 4.69) is 36.1 Å². The number of benzene rings is 1. The zero-order valence-corrected chi connectivity index (χ0v) is 12.6. The van der Waals surface area contributed by atoms with Crippen molar-refractivity contribution in [2.45, 2.75) is 52.1 Å². The molecule has 0 aromatic heterocycles. The van der Waals surface area contributed by atoms with Gasteiger partial charge < -0.3 is 5.73 Å². The van der Waals surface area contributed by atoms with Crippen LogP contribution in [-0.2, 0) is 11.3 Å². The lowest BCUT2D eigenvalue weighted by atomic mass is 9.92. The Morgan fingerprint density at radius 2 is 2.05 bits per heavy atom. The molecule has 2 rings (SSSR count). The van der Waals surface area contributed by atoms with Crippen molar-refractivity contribution in [3.8, 4) is 0 Å². The third-order valence-electron chi connectivity index (χ3n) is 4.37. The highest BCUT2D eigenvalue weighted by Crippen LogP contribution is 2.24. The lowest BCUT2D eigenvalue weighted by Gasteiger charge is -2.36. The molecule has 1 aromatic rings. The van der Waals surface area contributed by atoms with Crippen LogP contribution in [-0.4, -0.2) is 23.4 Å². The van der Waals surface area contributed by atoms with Crippen LogP contribution in [0.3, 0.4) is 0 Å². The lowest BCUT2D eigenvalue weighted by molar-refractivity contribution is -0.122. The second-order valence-electron chi connectivity index (χ2n) is 6.14. The van der Waals surface area contributed by atoms with E-state index in [9.17, 15) is 4.79 Å². The Morgan fingerprint density at radius 1 is 1.35 bits per heavy atom. The first-order chi connectivity index (χ1) is 9.56. The van der Waals surface area contributed by atoms with Crippen molar-refractivity contribution in [1.29, 1.82) is 0 Å². The molecule has 1 aliphatic heterocycles. The summed E-state index contributed by atoms with van der Waals surface area (Å²) in [4.78, 5) is 13.8. The van der Waals surface area contributed by atoms with Crippen LogP contribution in [0.25, 0.3) is 0 Å². The van der Waals surface area contributed by atoms with E-state index in [1.165, 1.54) is 30.4 Å². The summed E-state index contributed by atoms with van der Waals surface area (Å²) in [7, 11) is 0. The SMILES string of the molecule is Cc1ccc(CN2CCCCC2CC(C)C(N)=O)cc1. The molecule has 0 saturated carbocycles. The minimum Gasteiger partial charge on any atom is -0.369 e. The van der Waals surface area contributed by atoms with Crippen molar-refractivity contribution in [2.75, 3.05) is 6.54 Å². The fraction of sp³-hybridized carbons (Fsp3) is 0.588. The van der Waals surface area contributed by atoms with Gasteiger partial charge in [0.15, 0.2) is 0 Å². The van der Waals surface area contributed by atoms with Crippen molar-refractivity contribution in [1.82, 2.24) is 4.90 Å². The topological polar surface area (TPSA) is 46.3 Å². The van der Waals surface area contributed by atoms with Crippen LogP contribution in [0, 0.1) is 12.8 Å². The molecule has 1 amide bonds. The Kier molecular flexibility index (Phi) is 5.18. The van der Waals surface area contributed by atoms with Crippen LogP contribution < -0.4 is 5.73 Å². The number of carbonyl (C=O) groups excluding carboxylic acids is 1. The Labute approximate surface area is 122 Å². The average Bonchev–Trinajstić information content (AvgIpc) is 2.43. The molecule has 0 bridgehead atoms. The first-order valence-electron chi connectivity index (χ1n) is 7.65. The van der Waals surface area contributed by atoms with Gasteiger partial charge in [-0.2, -0.15) is 0 Å². The summed E-state index contributed by atoms with van der Waals surface area (Å²) in [6.07, 6.45) is 4.60. The number of nitrogens with zero attached hydrogens (tertiary/aromatic N) is 1. The summed E-state index contributed by atoms with van der Waals surface area (Å²) < 4.78 is 0. The molecular formula is C17H26N2O. The van der Waals surface area contributed by atoms with E-state index in [0.29, 0.717) is 6.04 Å². The number of rotatable bonds is 5. The monoisotopic (exact) mass is 274 g/mol. The lowest BCUT2D eigenvalue weighted by Crippen LogP contribution is -2.41. The molecule has 1 aliphatic rings. The van der Waals surface area contributed by atoms with Gasteiger partial charge in [-0.15, -0.1) is 0 Å². The number of aryl methyl sites for hydroxylation is 1. The summed E-state index contributed by atoms with van der Waals surface area (Å²) in [5, 5.41) is 0. The Bertz CT molecular complexity index is 441. The first-order valence-corrected chi connectivity index (χ1v) is 7.65.